The Balaban J connectivity index is 1.99. The van der Waals surface area contributed by atoms with Gasteiger partial charge in [0.05, 0.1) is 5.56 Å². The molecule has 4 heteroatoms. The average molecular weight is 283 g/mol. The van der Waals surface area contributed by atoms with Crippen molar-refractivity contribution >= 4 is 17.3 Å². The molecule has 0 fully saturated rings. The van der Waals surface area contributed by atoms with E-state index in [9.17, 15) is 4.79 Å². The van der Waals surface area contributed by atoms with Gasteiger partial charge in [0.15, 0.2) is 0 Å². The first-order valence-corrected chi connectivity index (χ1v) is 7.06. The molecule has 21 heavy (non-hydrogen) atoms. The van der Waals surface area contributed by atoms with Crippen LogP contribution in [0, 0.1) is 0 Å². The minimum atomic E-state index is -0.472. The second-order valence-corrected chi connectivity index (χ2v) is 5.24. The van der Waals surface area contributed by atoms with Crippen LogP contribution in [0.2, 0.25) is 0 Å². The number of carbonyl (C=O) groups excluding carboxylic acids is 1. The van der Waals surface area contributed by atoms with Crippen molar-refractivity contribution in [3.05, 3.63) is 59.7 Å². The number of amides is 1. The molecule has 0 unspecified atom stereocenters. The number of primary amides is 1. The van der Waals surface area contributed by atoms with Crippen LogP contribution in [0.1, 0.15) is 29.3 Å². The molecule has 0 aromatic heterocycles. The summed E-state index contributed by atoms with van der Waals surface area (Å²) in [6.07, 6.45) is 1.95. The summed E-state index contributed by atoms with van der Waals surface area (Å²) >= 11 is 0. The highest BCUT2D eigenvalue weighted by Gasteiger charge is 2.11. The summed E-state index contributed by atoms with van der Waals surface area (Å²) in [5.74, 6) is -0.472. The van der Waals surface area contributed by atoms with E-state index in [1.165, 1.54) is 5.56 Å². The maximum absolute atomic E-state index is 11.5. The number of nitrogen functional groups attached to an aromatic ring is 1. The molecule has 110 valence electrons. The van der Waals surface area contributed by atoms with Crippen LogP contribution >= 0.6 is 0 Å². The van der Waals surface area contributed by atoms with Gasteiger partial charge in [-0.05, 0) is 43.5 Å². The summed E-state index contributed by atoms with van der Waals surface area (Å²) in [5.41, 5.74) is 14.1. The smallest absolute Gasteiger partial charge is 0.250 e. The molecule has 0 bridgehead atoms. The second-order valence-electron chi connectivity index (χ2n) is 5.24. The number of benzene rings is 2. The maximum Gasteiger partial charge on any atom is 0.250 e. The standard InChI is InChI=1S/C17H21N3O/c1-12(7-8-13-5-3-2-4-6-13)20-16-10-9-14(18)11-15(16)17(19)21/h2-6,9-12,20H,7-8,18H2,1H3,(H2,19,21)/t12-/m0/s1. The van der Waals surface area contributed by atoms with E-state index in [2.05, 4.69) is 24.4 Å². The van der Waals surface area contributed by atoms with E-state index in [4.69, 9.17) is 11.5 Å². The molecular formula is C17H21N3O. The summed E-state index contributed by atoms with van der Waals surface area (Å²) in [6, 6.07) is 15.7. The van der Waals surface area contributed by atoms with Gasteiger partial charge < -0.3 is 16.8 Å². The molecule has 0 spiro atoms. The zero-order chi connectivity index (χ0) is 15.2. The zero-order valence-corrected chi connectivity index (χ0v) is 12.2. The molecule has 0 radical (unpaired) electrons. The largest absolute Gasteiger partial charge is 0.399 e. The van der Waals surface area contributed by atoms with Gasteiger partial charge in [0, 0.05) is 17.4 Å². The Morgan fingerprint density at radius 2 is 1.90 bits per heavy atom. The second kappa shape index (κ2) is 6.79. The number of rotatable bonds is 6. The molecule has 2 aromatic rings. The van der Waals surface area contributed by atoms with Crippen molar-refractivity contribution in [2.75, 3.05) is 11.1 Å². The number of nitrogens with two attached hydrogens (primary N) is 2. The van der Waals surface area contributed by atoms with Crippen molar-refractivity contribution in [1.82, 2.24) is 0 Å². The first-order chi connectivity index (χ1) is 10.1. The fourth-order valence-corrected chi connectivity index (χ4v) is 2.26. The predicted octanol–water partition coefficient (Wildman–Crippen LogP) is 2.80. The van der Waals surface area contributed by atoms with E-state index in [-0.39, 0.29) is 6.04 Å². The van der Waals surface area contributed by atoms with Crippen molar-refractivity contribution < 1.29 is 4.79 Å². The number of nitrogens with one attached hydrogen (secondary N) is 1. The van der Waals surface area contributed by atoms with E-state index in [1.54, 1.807) is 18.2 Å². The molecule has 0 heterocycles. The predicted molar refractivity (Wildman–Crippen MR) is 87.2 cm³/mol. The van der Waals surface area contributed by atoms with Crippen LogP contribution in [0.4, 0.5) is 11.4 Å². The van der Waals surface area contributed by atoms with Crippen molar-refractivity contribution in [2.24, 2.45) is 5.73 Å². The summed E-state index contributed by atoms with van der Waals surface area (Å²) in [7, 11) is 0. The number of carbonyl (C=O) groups is 1. The highest BCUT2D eigenvalue weighted by molar-refractivity contribution is 5.99. The summed E-state index contributed by atoms with van der Waals surface area (Å²) < 4.78 is 0. The van der Waals surface area contributed by atoms with Crippen LogP contribution in [0.3, 0.4) is 0 Å². The molecule has 1 amide bonds. The first-order valence-electron chi connectivity index (χ1n) is 7.06. The summed E-state index contributed by atoms with van der Waals surface area (Å²) in [4.78, 5) is 11.5. The molecule has 0 aliphatic rings. The van der Waals surface area contributed by atoms with Gasteiger partial charge in [-0.25, -0.2) is 0 Å². The zero-order valence-electron chi connectivity index (χ0n) is 12.2. The van der Waals surface area contributed by atoms with E-state index in [0.29, 0.717) is 11.3 Å². The topological polar surface area (TPSA) is 81.1 Å². The number of anilines is 2. The van der Waals surface area contributed by atoms with Gasteiger partial charge in [0.1, 0.15) is 0 Å². The van der Waals surface area contributed by atoms with Crippen LogP contribution in [-0.2, 0) is 6.42 Å². The molecule has 0 aliphatic heterocycles. The van der Waals surface area contributed by atoms with Crippen LogP contribution in [0.15, 0.2) is 48.5 Å². The van der Waals surface area contributed by atoms with E-state index < -0.39 is 5.91 Å². The van der Waals surface area contributed by atoms with Gasteiger partial charge in [-0.15, -0.1) is 0 Å². The van der Waals surface area contributed by atoms with E-state index in [1.807, 2.05) is 18.2 Å². The highest BCUT2D eigenvalue weighted by atomic mass is 16.1. The molecule has 0 saturated carbocycles. The number of hydrogen-bond acceptors (Lipinski definition) is 3. The Kier molecular flexibility index (Phi) is 4.82. The lowest BCUT2D eigenvalue weighted by Gasteiger charge is -2.17. The SMILES string of the molecule is C[C@@H](CCc1ccccc1)Nc1ccc(N)cc1C(N)=O. The molecule has 0 saturated heterocycles. The van der Waals surface area contributed by atoms with Crippen molar-refractivity contribution in [3.8, 4) is 0 Å². The minimum Gasteiger partial charge on any atom is -0.399 e. The molecule has 1 atom stereocenters. The van der Waals surface area contributed by atoms with Gasteiger partial charge in [0.25, 0.3) is 5.91 Å². The van der Waals surface area contributed by atoms with E-state index >= 15 is 0 Å². The Hall–Kier alpha value is -2.49. The fraction of sp³-hybridized carbons (Fsp3) is 0.235. The van der Waals surface area contributed by atoms with Crippen molar-refractivity contribution in [3.63, 3.8) is 0 Å². The van der Waals surface area contributed by atoms with E-state index in [0.717, 1.165) is 18.5 Å². The van der Waals surface area contributed by atoms with Crippen LogP contribution < -0.4 is 16.8 Å². The molecule has 0 aliphatic carbocycles. The quantitative estimate of drug-likeness (QED) is 0.713. The highest BCUT2D eigenvalue weighted by Crippen LogP contribution is 2.20. The van der Waals surface area contributed by atoms with Crippen LogP contribution in [0.5, 0.6) is 0 Å². The third kappa shape index (κ3) is 4.24. The maximum atomic E-state index is 11.5. The van der Waals surface area contributed by atoms with Crippen molar-refractivity contribution in [2.45, 2.75) is 25.8 Å². The number of aryl methyl sites for hydroxylation is 1. The Morgan fingerprint density at radius 3 is 2.57 bits per heavy atom. The summed E-state index contributed by atoms with van der Waals surface area (Å²) in [6.45, 7) is 2.09. The van der Waals surface area contributed by atoms with Crippen molar-refractivity contribution in [1.29, 1.82) is 0 Å². The molecule has 2 rings (SSSR count). The molecule has 4 nitrogen and oxygen atoms in total. The molecular weight excluding hydrogens is 262 g/mol. The normalized spacial score (nSPS) is 11.9. The monoisotopic (exact) mass is 283 g/mol. The van der Waals surface area contributed by atoms with Gasteiger partial charge >= 0.3 is 0 Å². The number of hydrogen-bond donors (Lipinski definition) is 3. The van der Waals surface area contributed by atoms with Gasteiger partial charge in [-0.1, -0.05) is 30.3 Å². The first kappa shape index (κ1) is 14.9. The average Bonchev–Trinajstić information content (AvgIpc) is 2.48. The summed E-state index contributed by atoms with van der Waals surface area (Å²) in [5, 5.41) is 3.33. The minimum absolute atomic E-state index is 0.229. The fourth-order valence-electron chi connectivity index (χ4n) is 2.26. The Bertz CT molecular complexity index is 611. The van der Waals surface area contributed by atoms with Gasteiger partial charge in [-0.2, -0.15) is 0 Å². The molecule has 2 aromatic carbocycles. The molecule has 5 N–H and O–H groups in total. The van der Waals surface area contributed by atoms with Crippen LogP contribution in [-0.4, -0.2) is 11.9 Å². The van der Waals surface area contributed by atoms with Gasteiger partial charge in [0.2, 0.25) is 0 Å². The van der Waals surface area contributed by atoms with Gasteiger partial charge in [-0.3, -0.25) is 4.79 Å². The lowest BCUT2D eigenvalue weighted by molar-refractivity contribution is 0.100. The third-order valence-corrected chi connectivity index (χ3v) is 3.42. The third-order valence-electron chi connectivity index (χ3n) is 3.42. The lowest BCUT2D eigenvalue weighted by atomic mass is 10.0. The van der Waals surface area contributed by atoms with Crippen LogP contribution in [0.25, 0.3) is 0 Å². The Morgan fingerprint density at radius 1 is 1.19 bits per heavy atom. The lowest BCUT2D eigenvalue weighted by Crippen LogP contribution is -2.20. The Labute approximate surface area is 125 Å².